The van der Waals surface area contributed by atoms with Gasteiger partial charge in [-0.3, -0.25) is 9.79 Å². The quantitative estimate of drug-likeness (QED) is 0.686. The van der Waals surface area contributed by atoms with Crippen molar-refractivity contribution in [2.45, 2.75) is 19.0 Å². The smallest absolute Gasteiger partial charge is 0.481 e. The number of aromatic nitrogens is 1. The third-order valence-corrected chi connectivity index (χ3v) is 4.73. The summed E-state index contributed by atoms with van der Waals surface area (Å²) in [6.07, 6.45) is 0.689. The number of aliphatic imine (C=N–C) groups is 1. The minimum atomic E-state index is -5.08. The summed E-state index contributed by atoms with van der Waals surface area (Å²) in [5, 5.41) is 17.5. The number of hydrogen-bond acceptors (Lipinski definition) is 3. The van der Waals surface area contributed by atoms with Gasteiger partial charge in [-0.1, -0.05) is 24.3 Å². The molecule has 0 saturated heterocycles. The van der Waals surface area contributed by atoms with Crippen molar-refractivity contribution in [3.05, 3.63) is 41.6 Å². The van der Waals surface area contributed by atoms with Crippen LogP contribution in [0.25, 0.3) is 17.0 Å². The van der Waals surface area contributed by atoms with E-state index >= 15 is 0 Å². The van der Waals surface area contributed by atoms with E-state index in [4.69, 9.17) is 9.90 Å². The van der Waals surface area contributed by atoms with Gasteiger partial charge in [-0.15, -0.1) is 0 Å². The molecule has 3 N–H and O–H groups in total. The maximum atomic E-state index is 11.2. The van der Waals surface area contributed by atoms with Crippen LogP contribution >= 0.6 is 0 Å². The lowest BCUT2D eigenvalue weighted by molar-refractivity contribution is -0.192. The molecule has 0 saturated carbocycles. The van der Waals surface area contributed by atoms with Crippen LogP contribution in [0.2, 0.25) is 0 Å². The molecular formula is C19H17F3N2O4. The van der Waals surface area contributed by atoms with Gasteiger partial charge in [-0.05, 0) is 25.0 Å². The Hall–Kier alpha value is -3.10. The first-order valence-corrected chi connectivity index (χ1v) is 8.53. The highest BCUT2D eigenvalue weighted by molar-refractivity contribution is 6.15. The van der Waals surface area contributed by atoms with Gasteiger partial charge in [0.15, 0.2) is 0 Å². The monoisotopic (exact) mass is 394 g/mol. The highest BCUT2D eigenvalue weighted by Crippen LogP contribution is 2.35. The van der Waals surface area contributed by atoms with Gasteiger partial charge < -0.3 is 15.2 Å². The second kappa shape index (κ2) is 7.49. The molecule has 2 unspecified atom stereocenters. The van der Waals surface area contributed by atoms with Crippen LogP contribution in [0.3, 0.4) is 0 Å². The van der Waals surface area contributed by atoms with E-state index in [9.17, 15) is 23.1 Å². The molecule has 2 aromatic rings. The molecule has 9 heteroatoms. The van der Waals surface area contributed by atoms with Gasteiger partial charge >= 0.3 is 18.1 Å². The molecular weight excluding hydrogens is 377 g/mol. The topological polar surface area (TPSA) is 103 Å². The van der Waals surface area contributed by atoms with E-state index in [2.05, 4.69) is 34.3 Å². The summed E-state index contributed by atoms with van der Waals surface area (Å²) >= 11 is 0. The zero-order chi connectivity index (χ0) is 20.5. The second-order valence-electron chi connectivity index (χ2n) is 6.59. The summed E-state index contributed by atoms with van der Waals surface area (Å²) in [7, 11) is 0. The van der Waals surface area contributed by atoms with Gasteiger partial charge in [-0.25, -0.2) is 4.79 Å². The molecule has 1 aromatic carbocycles. The average molecular weight is 394 g/mol. The molecule has 0 bridgehead atoms. The highest BCUT2D eigenvalue weighted by Gasteiger charge is 2.38. The lowest BCUT2D eigenvalue weighted by Gasteiger charge is -2.25. The number of hydrogen-bond donors (Lipinski definition) is 3. The number of alkyl halides is 3. The minimum Gasteiger partial charge on any atom is -0.481 e. The maximum absolute atomic E-state index is 11.2. The van der Waals surface area contributed by atoms with Crippen molar-refractivity contribution in [3.8, 4) is 0 Å². The Morgan fingerprint density at radius 3 is 2.50 bits per heavy atom. The molecule has 0 fully saturated rings. The number of carboxylic acids is 2. The number of carboxylic acid groups (broad SMARTS) is 2. The molecule has 2 aliphatic rings. The first-order valence-electron chi connectivity index (χ1n) is 8.53. The van der Waals surface area contributed by atoms with Crippen LogP contribution in [0.1, 0.15) is 24.1 Å². The van der Waals surface area contributed by atoms with E-state index in [-0.39, 0.29) is 11.8 Å². The van der Waals surface area contributed by atoms with Gasteiger partial charge in [0.1, 0.15) is 0 Å². The fourth-order valence-electron chi connectivity index (χ4n) is 3.45. The number of nitrogens with zero attached hydrogens (tertiary/aromatic N) is 1. The normalized spacial score (nSPS) is 20.9. The molecule has 1 aromatic heterocycles. The average Bonchev–Trinajstić information content (AvgIpc) is 2.89. The maximum Gasteiger partial charge on any atom is 0.490 e. The van der Waals surface area contributed by atoms with Crippen molar-refractivity contribution < 1.29 is 33.0 Å². The van der Waals surface area contributed by atoms with Crippen molar-refractivity contribution >= 4 is 34.6 Å². The van der Waals surface area contributed by atoms with Gasteiger partial charge in [0.05, 0.1) is 12.5 Å². The molecule has 0 radical (unpaired) electrons. The summed E-state index contributed by atoms with van der Waals surface area (Å²) in [4.78, 5) is 28.2. The number of benzene rings is 1. The Kier molecular flexibility index (Phi) is 5.26. The van der Waals surface area contributed by atoms with E-state index in [0.29, 0.717) is 13.0 Å². The van der Waals surface area contributed by atoms with Crippen molar-refractivity contribution in [2.75, 3.05) is 6.54 Å². The fourth-order valence-corrected chi connectivity index (χ4v) is 3.45. The van der Waals surface area contributed by atoms with E-state index < -0.39 is 18.1 Å². The van der Waals surface area contributed by atoms with Gasteiger partial charge in [0.2, 0.25) is 0 Å². The summed E-state index contributed by atoms with van der Waals surface area (Å²) in [6, 6.07) is 8.22. The number of nitrogens with one attached hydrogen (secondary N) is 1. The van der Waals surface area contributed by atoms with Crippen molar-refractivity contribution in [3.63, 3.8) is 0 Å². The lowest BCUT2D eigenvalue weighted by Crippen LogP contribution is -2.30. The van der Waals surface area contributed by atoms with Crippen LogP contribution in [-0.4, -0.2) is 45.6 Å². The van der Waals surface area contributed by atoms with Crippen LogP contribution in [-0.2, 0) is 9.59 Å². The van der Waals surface area contributed by atoms with Gasteiger partial charge in [0.25, 0.3) is 0 Å². The molecule has 2 heterocycles. The predicted octanol–water partition coefficient (Wildman–Crippen LogP) is 3.73. The van der Waals surface area contributed by atoms with E-state index in [1.807, 2.05) is 12.1 Å². The van der Waals surface area contributed by atoms with Crippen LogP contribution in [0.4, 0.5) is 13.2 Å². The molecule has 4 rings (SSSR count). The summed E-state index contributed by atoms with van der Waals surface area (Å²) in [5.74, 6) is -3.63. The Balaban J connectivity index is 0.000000279. The first kappa shape index (κ1) is 19.7. The zero-order valence-corrected chi connectivity index (χ0v) is 14.5. The summed E-state index contributed by atoms with van der Waals surface area (Å²) in [6.45, 7) is 0.389. The third kappa shape index (κ3) is 3.92. The van der Waals surface area contributed by atoms with Crippen LogP contribution < -0.4 is 0 Å². The fraction of sp³-hybridized carbons (Fsp3) is 0.316. The molecule has 0 amide bonds. The SMILES string of the molecule is O=C(O)C(F)(F)F.O=C(O)C1CN=C2c3c([nH]c4ccccc34)C=CCC2C1. The number of halogens is 3. The Labute approximate surface area is 157 Å². The highest BCUT2D eigenvalue weighted by atomic mass is 19.4. The largest absolute Gasteiger partial charge is 0.490 e. The van der Waals surface area contributed by atoms with E-state index in [1.165, 1.54) is 5.39 Å². The molecule has 0 spiro atoms. The number of fused-ring (bicyclic) bond motifs is 5. The van der Waals surface area contributed by atoms with Crippen LogP contribution in [0.15, 0.2) is 35.3 Å². The molecule has 2 atom stereocenters. The predicted molar refractivity (Wildman–Crippen MR) is 96.3 cm³/mol. The molecule has 148 valence electrons. The lowest BCUT2D eigenvalue weighted by atomic mass is 9.83. The molecule has 28 heavy (non-hydrogen) atoms. The summed E-state index contributed by atoms with van der Waals surface area (Å²) in [5.41, 5.74) is 4.43. The number of rotatable bonds is 1. The first-order chi connectivity index (χ1) is 13.2. The Bertz CT molecular complexity index is 975. The Morgan fingerprint density at radius 1 is 1.18 bits per heavy atom. The standard InChI is InChI=1S/C17H16N2O2.C2HF3O2/c20-17(21)11-8-10-4-3-7-14-15(16(10)18-9-11)12-5-1-2-6-13(12)19-14;3-2(4,5)1(6)7/h1-3,5-7,10-11,19H,4,8-9H2,(H,20,21);(H,6,7). The van der Waals surface area contributed by atoms with Gasteiger partial charge in [0, 0.05) is 33.8 Å². The molecule has 6 nitrogen and oxygen atoms in total. The number of carbonyl (C=O) groups is 2. The van der Waals surface area contributed by atoms with E-state index in [1.54, 1.807) is 0 Å². The summed E-state index contributed by atoms with van der Waals surface area (Å²) < 4.78 is 31.7. The van der Waals surface area contributed by atoms with Crippen LogP contribution in [0.5, 0.6) is 0 Å². The number of para-hydroxylation sites is 1. The molecule has 1 aliphatic carbocycles. The van der Waals surface area contributed by atoms with Crippen molar-refractivity contribution in [1.82, 2.24) is 4.98 Å². The number of aromatic amines is 1. The van der Waals surface area contributed by atoms with E-state index in [0.717, 1.165) is 28.9 Å². The molecule has 1 aliphatic heterocycles. The number of aliphatic carboxylic acids is 2. The van der Waals surface area contributed by atoms with Crippen LogP contribution in [0, 0.1) is 11.8 Å². The number of H-pyrrole nitrogens is 1. The minimum absolute atomic E-state index is 0.205. The van der Waals surface area contributed by atoms with Crippen molar-refractivity contribution in [2.24, 2.45) is 16.8 Å². The second-order valence-corrected chi connectivity index (χ2v) is 6.59. The Morgan fingerprint density at radius 2 is 1.86 bits per heavy atom. The number of allylic oxidation sites excluding steroid dienone is 1. The third-order valence-electron chi connectivity index (χ3n) is 4.73. The van der Waals surface area contributed by atoms with Gasteiger partial charge in [-0.2, -0.15) is 13.2 Å². The van der Waals surface area contributed by atoms with Crippen molar-refractivity contribution in [1.29, 1.82) is 0 Å². The zero-order valence-electron chi connectivity index (χ0n) is 14.5.